The van der Waals surface area contributed by atoms with Crippen molar-refractivity contribution in [3.63, 3.8) is 0 Å². The van der Waals surface area contributed by atoms with Gasteiger partial charge in [-0.2, -0.15) is 44.6 Å². The molecule has 7 nitrogen and oxygen atoms in total. The molecule has 3 N–H and O–H groups in total. The molecular weight excluding hydrogens is 933 g/mol. The maximum Gasteiger partial charge on any atom is 2.00 e. The number of nitrogens with one attached hydrogen (secondary N) is 2. The number of alkyl halides is 3. The molecule has 4 rings (SSSR count). The fourth-order valence-corrected chi connectivity index (χ4v) is 4.08. The molecule has 0 amide bonds. The van der Waals surface area contributed by atoms with Crippen molar-refractivity contribution in [1.29, 1.82) is 0 Å². The fraction of sp³-hybridized carbons (Fsp3) is 0.560. The predicted octanol–water partition coefficient (Wildman–Crippen LogP) is 4.08. The van der Waals surface area contributed by atoms with E-state index in [1.165, 1.54) is 0 Å². The van der Waals surface area contributed by atoms with Crippen LogP contribution in [-0.2, 0) is 7.05 Å². The maximum absolute atomic E-state index is 11.9. The first kappa shape index (κ1) is 35.0. The molecule has 2 aliphatic rings. The molecule has 1 aliphatic heterocycles. The van der Waals surface area contributed by atoms with Gasteiger partial charge in [-0.15, -0.1) is 6.07 Å². The van der Waals surface area contributed by atoms with Gasteiger partial charge >= 0.3 is 68.4 Å². The molecule has 2 fully saturated rings. The number of fused-ring (bicyclic) bond motifs is 1. The zero-order chi connectivity index (χ0) is 25.4. The number of halogens is 3. The number of aryl methyl sites for hydroxylation is 1. The number of imidazole rings is 1. The Hall–Kier alpha value is -0.0661. The van der Waals surface area contributed by atoms with Crippen molar-refractivity contribution in [3.05, 3.63) is 44.8 Å². The number of aliphatic imine (C=N–C) groups is 1. The first-order valence-electron chi connectivity index (χ1n) is 12.0. The number of aliphatic hydroxyl groups is 1. The van der Waals surface area contributed by atoms with E-state index in [1.54, 1.807) is 6.33 Å². The summed E-state index contributed by atoms with van der Waals surface area (Å²) in [4.78, 5) is 9.12. The quantitative estimate of drug-likeness (QED) is 0.366. The summed E-state index contributed by atoms with van der Waals surface area (Å²) in [7, 11) is 1.97. The Kier molecular flexibility index (Phi) is 16.0. The summed E-state index contributed by atoms with van der Waals surface area (Å²) in [6.07, 6.45) is 3.57. The number of aliphatic hydroxyl groups excluding tert-OH is 1. The molecule has 2 heterocycles. The number of hydrogen-bond acceptors (Lipinski definition) is 5. The third-order valence-electron chi connectivity index (χ3n) is 6.18. The third-order valence-corrected chi connectivity index (χ3v) is 6.18. The van der Waals surface area contributed by atoms with Crippen LogP contribution >= 0.6 is 0 Å². The molecule has 2 atom stereocenters. The van der Waals surface area contributed by atoms with Crippen LogP contribution in [0, 0.1) is 88.6 Å². The number of hydrogen-bond donors (Lipinski definition) is 3. The second-order valence-electron chi connectivity index (χ2n) is 8.95. The van der Waals surface area contributed by atoms with Crippen LogP contribution in [0.15, 0.2) is 23.5 Å². The molecule has 0 radical (unpaired) electrons. The van der Waals surface area contributed by atoms with Crippen LogP contribution in [0.4, 0.5) is 18.9 Å². The van der Waals surface area contributed by atoms with Crippen molar-refractivity contribution in [3.8, 4) is 0 Å². The summed E-state index contributed by atoms with van der Waals surface area (Å²) >= 11 is 0. The molecule has 1 aliphatic carbocycles. The third kappa shape index (κ3) is 10.8. The van der Waals surface area contributed by atoms with Crippen molar-refractivity contribution >= 4 is 22.6 Å². The molecule has 37 heavy (non-hydrogen) atoms. The largest absolute Gasteiger partial charge is 2.00 e. The van der Waals surface area contributed by atoms with Gasteiger partial charge in [0.05, 0.1) is 6.33 Å². The average Bonchev–Trinajstić information content (AvgIpc) is 3.46. The van der Waals surface area contributed by atoms with E-state index in [0.29, 0.717) is 0 Å². The summed E-state index contributed by atoms with van der Waals surface area (Å²) < 4.78 is 37.7. The molecule has 12 heteroatoms. The number of nitrogens with zero attached hydrogens (tertiary/aromatic N) is 4. The summed E-state index contributed by atoms with van der Waals surface area (Å²) in [6, 6.07) is 7.29. The Bertz CT molecular complexity index is 966. The van der Waals surface area contributed by atoms with Crippen LogP contribution in [0.1, 0.15) is 44.9 Å². The minimum absolute atomic E-state index is 0. The van der Waals surface area contributed by atoms with Gasteiger partial charge < -0.3 is 40.7 Å². The second kappa shape index (κ2) is 16.9. The van der Waals surface area contributed by atoms with Crippen LogP contribution in [0.3, 0.4) is 0 Å². The Balaban J connectivity index is 0.000000379. The van der Waals surface area contributed by atoms with Gasteiger partial charge in [0, 0.05) is 38.1 Å². The zero-order valence-corrected chi connectivity index (χ0v) is 29.5. The first-order chi connectivity index (χ1) is 16.7. The van der Waals surface area contributed by atoms with Gasteiger partial charge in [-0.25, -0.2) is 5.01 Å². The van der Waals surface area contributed by atoms with Crippen LogP contribution in [0.5, 0.6) is 0 Å². The Labute approximate surface area is 265 Å². The number of rotatable bonds is 7. The van der Waals surface area contributed by atoms with E-state index < -0.39 is 18.8 Å². The van der Waals surface area contributed by atoms with E-state index in [2.05, 4.69) is 47.1 Å². The van der Waals surface area contributed by atoms with E-state index in [-0.39, 0.29) is 74.3 Å². The van der Waals surface area contributed by atoms with Crippen LogP contribution in [0.2, 0.25) is 0 Å². The number of benzene rings is 1. The van der Waals surface area contributed by atoms with Crippen LogP contribution in [0.25, 0.3) is 11.0 Å². The smallest absolute Gasteiger partial charge is 0.387 e. The molecule has 0 spiro atoms. The van der Waals surface area contributed by atoms with Gasteiger partial charge in [-0.1, -0.05) is 25.3 Å². The monoisotopic (exact) mass is 968 g/mol. The van der Waals surface area contributed by atoms with Crippen LogP contribution in [-0.4, -0.2) is 63.0 Å². The number of amidine groups is 1. The first-order valence-corrected chi connectivity index (χ1v) is 12.0. The minimum atomic E-state index is -4.51. The van der Waals surface area contributed by atoms with E-state index in [0.717, 1.165) is 74.0 Å². The number of hydrazine groups is 1. The van der Waals surface area contributed by atoms with Crippen molar-refractivity contribution in [2.24, 2.45) is 12.0 Å². The minimum Gasteiger partial charge on any atom is -0.387 e. The fourth-order valence-electron chi connectivity index (χ4n) is 4.08. The van der Waals surface area contributed by atoms with Gasteiger partial charge in [0.2, 0.25) is 0 Å². The summed E-state index contributed by atoms with van der Waals surface area (Å²) in [5.41, 5.74) is 6.15. The van der Waals surface area contributed by atoms with E-state index in [1.807, 2.05) is 23.7 Å². The van der Waals surface area contributed by atoms with Crippen LogP contribution < -0.4 is 10.7 Å². The molecule has 1 unspecified atom stereocenters. The molecule has 1 aromatic carbocycles. The van der Waals surface area contributed by atoms with Gasteiger partial charge in [0.15, 0.2) is 6.10 Å². The standard InChI is InChI=1S/C16H20N5.C9H15F3NO.2U/c1-4-6-12(2)21-10-9-15(19-21)18-13-7-5-8-14-16(13)17-11-20(14)3;10-9(11,12)8(14)6-13-7-4-2-1-3-5-7;;/h7-8,11-12H,1-2,4,6,9-10H2,3H3,(H,18,19);1,7-8,13-14H,2-6H2;;/q-3;-1;2*+2/t;8-;;/m.1../s1. The summed E-state index contributed by atoms with van der Waals surface area (Å²) in [5.74, 6) is 0.958. The molecule has 2 aromatic rings. The SMILES string of the molecule is O[C@H](CNC1CC[CH-]CC1)C(F)(F)F.[CH2-]CCC([CH2-])N1CCC(=Nc2c[c-]cc3c2ncn3C)N1.[U+2].[U+2]. The Morgan fingerprint density at radius 2 is 2.03 bits per heavy atom. The molecule has 1 saturated carbocycles. The predicted molar refractivity (Wildman–Crippen MR) is 131 cm³/mol. The van der Waals surface area contributed by atoms with Gasteiger partial charge in [-0.05, 0) is 11.2 Å². The van der Waals surface area contributed by atoms with Crippen molar-refractivity contribution in [2.75, 3.05) is 13.1 Å². The van der Waals surface area contributed by atoms with Gasteiger partial charge in [0.25, 0.3) is 0 Å². The summed E-state index contributed by atoms with van der Waals surface area (Å²) in [5, 5.41) is 13.6. The van der Waals surface area contributed by atoms with Gasteiger partial charge in [-0.3, -0.25) is 9.98 Å². The average molecular weight is 969 g/mol. The van der Waals surface area contributed by atoms with Crippen molar-refractivity contribution in [2.45, 2.75) is 69.3 Å². The maximum atomic E-state index is 11.9. The zero-order valence-electron chi connectivity index (χ0n) is 21.2. The normalized spacial score (nSPS) is 19.4. The van der Waals surface area contributed by atoms with E-state index in [9.17, 15) is 13.2 Å². The number of aromatic nitrogens is 2. The molecular formula is C25H35F3N6OU2. The topological polar surface area (TPSA) is 77.7 Å². The molecule has 1 saturated heterocycles. The van der Waals surface area contributed by atoms with Gasteiger partial charge in [0.1, 0.15) is 5.84 Å². The van der Waals surface area contributed by atoms with E-state index >= 15 is 0 Å². The van der Waals surface area contributed by atoms with Crippen molar-refractivity contribution in [1.82, 2.24) is 25.3 Å². The Morgan fingerprint density at radius 3 is 2.68 bits per heavy atom. The molecule has 1 aromatic heterocycles. The summed E-state index contributed by atoms with van der Waals surface area (Å²) in [6.45, 7) is 8.56. The molecule has 0 bridgehead atoms. The molecule has 200 valence electrons. The van der Waals surface area contributed by atoms with E-state index in [4.69, 9.17) is 10.1 Å². The van der Waals surface area contributed by atoms with Crippen molar-refractivity contribution < 1.29 is 80.5 Å². The Morgan fingerprint density at radius 1 is 1.32 bits per heavy atom. The second-order valence-corrected chi connectivity index (χ2v) is 8.95.